The third kappa shape index (κ3) is 4.97. The number of carbonyl (C=O) groups is 2. The first-order valence-electron chi connectivity index (χ1n) is 7.45. The fourth-order valence-corrected chi connectivity index (χ4v) is 5.84. The molecule has 0 saturated carbocycles. The Morgan fingerprint density at radius 1 is 1.42 bits per heavy atom. The molecular weight excluding hydrogens is 354 g/mol. The van der Waals surface area contributed by atoms with E-state index in [1.54, 1.807) is 18.7 Å². The van der Waals surface area contributed by atoms with Crippen LogP contribution in [0.1, 0.15) is 17.8 Å². The van der Waals surface area contributed by atoms with Gasteiger partial charge in [-0.15, -0.1) is 11.8 Å². The number of nitrogens with one attached hydrogen (secondary N) is 1. The number of amides is 1. The van der Waals surface area contributed by atoms with E-state index in [0.29, 0.717) is 17.8 Å². The zero-order chi connectivity index (χ0) is 17.9. The van der Waals surface area contributed by atoms with Gasteiger partial charge in [-0.25, -0.2) is 8.42 Å². The normalized spacial score (nSPS) is 19.2. The average Bonchev–Trinajstić information content (AvgIpc) is 2.97. The summed E-state index contributed by atoms with van der Waals surface area (Å²) < 4.78 is 29.3. The molecule has 24 heavy (non-hydrogen) atoms. The number of anilines is 1. The van der Waals surface area contributed by atoms with E-state index in [1.165, 1.54) is 11.8 Å². The molecule has 1 aliphatic rings. The van der Waals surface area contributed by atoms with Crippen molar-refractivity contribution in [2.24, 2.45) is 7.05 Å². The molecule has 2 heterocycles. The van der Waals surface area contributed by atoms with Crippen molar-refractivity contribution in [3.05, 3.63) is 11.4 Å². The van der Waals surface area contributed by atoms with E-state index >= 15 is 0 Å². The fourth-order valence-electron chi connectivity index (χ4n) is 2.40. The van der Waals surface area contributed by atoms with Crippen molar-refractivity contribution in [1.82, 2.24) is 9.78 Å². The van der Waals surface area contributed by atoms with Crippen molar-refractivity contribution in [2.75, 3.05) is 29.2 Å². The van der Waals surface area contributed by atoms with Crippen LogP contribution in [0.4, 0.5) is 5.69 Å². The predicted octanol–water partition coefficient (Wildman–Crippen LogP) is 0.439. The summed E-state index contributed by atoms with van der Waals surface area (Å²) in [6.07, 6.45) is 0.556. The smallest absolute Gasteiger partial charge is 0.316 e. The Kier molecular flexibility index (Phi) is 5.92. The first-order valence-corrected chi connectivity index (χ1v) is 10.3. The van der Waals surface area contributed by atoms with Crippen molar-refractivity contribution in [3.63, 3.8) is 0 Å². The molecule has 1 amide bonds. The molecular formula is C14H21N3O5S2. The van der Waals surface area contributed by atoms with Gasteiger partial charge in [-0.1, -0.05) is 0 Å². The third-order valence-electron chi connectivity index (χ3n) is 3.77. The summed E-state index contributed by atoms with van der Waals surface area (Å²) in [6.45, 7) is 3.23. The van der Waals surface area contributed by atoms with Crippen LogP contribution in [-0.2, 0) is 31.2 Å². The van der Waals surface area contributed by atoms with Crippen LogP contribution < -0.4 is 5.32 Å². The lowest BCUT2D eigenvalue weighted by atomic mass is 10.3. The van der Waals surface area contributed by atoms with Crippen LogP contribution in [0.25, 0.3) is 0 Å². The molecule has 0 bridgehead atoms. The number of esters is 1. The lowest BCUT2D eigenvalue weighted by Gasteiger charge is -2.08. The zero-order valence-electron chi connectivity index (χ0n) is 13.9. The summed E-state index contributed by atoms with van der Waals surface area (Å²) in [5.74, 6) is -0.648. The first-order chi connectivity index (χ1) is 11.2. The number of hydrogen-bond donors (Lipinski definition) is 1. The van der Waals surface area contributed by atoms with Crippen LogP contribution in [0.5, 0.6) is 0 Å². The molecule has 0 aromatic carbocycles. The molecule has 2 rings (SSSR count). The van der Waals surface area contributed by atoms with Crippen molar-refractivity contribution < 1.29 is 22.7 Å². The van der Waals surface area contributed by atoms with E-state index in [4.69, 9.17) is 4.74 Å². The molecule has 1 aliphatic heterocycles. The first kappa shape index (κ1) is 18.8. The van der Waals surface area contributed by atoms with E-state index < -0.39 is 21.7 Å². The van der Waals surface area contributed by atoms with Gasteiger partial charge in [0, 0.05) is 12.3 Å². The molecule has 0 aliphatic carbocycles. The minimum absolute atomic E-state index is 0.0401. The molecule has 1 saturated heterocycles. The second kappa shape index (κ2) is 7.56. The van der Waals surface area contributed by atoms with Crippen LogP contribution in [0.15, 0.2) is 0 Å². The zero-order valence-corrected chi connectivity index (χ0v) is 15.5. The number of aromatic nitrogens is 2. The number of sulfone groups is 1. The van der Waals surface area contributed by atoms with E-state index in [-0.39, 0.29) is 29.1 Å². The van der Waals surface area contributed by atoms with Crippen molar-refractivity contribution >= 4 is 39.2 Å². The number of aryl methyl sites for hydroxylation is 2. The molecule has 134 valence electrons. The summed E-state index contributed by atoms with van der Waals surface area (Å²) in [4.78, 5) is 23.5. The highest BCUT2D eigenvalue weighted by Crippen LogP contribution is 2.24. The Hall–Kier alpha value is -1.55. The van der Waals surface area contributed by atoms with Gasteiger partial charge in [0.05, 0.1) is 34.3 Å². The summed E-state index contributed by atoms with van der Waals surface area (Å²) in [5.41, 5.74) is 2.11. The predicted molar refractivity (Wildman–Crippen MR) is 91.8 cm³/mol. The van der Waals surface area contributed by atoms with E-state index in [9.17, 15) is 18.0 Å². The number of rotatable bonds is 6. The Labute approximate surface area is 145 Å². The quantitative estimate of drug-likeness (QED) is 0.719. The number of nitrogens with zero attached hydrogens (tertiary/aromatic N) is 2. The maximum absolute atomic E-state index is 11.9. The van der Waals surface area contributed by atoms with Gasteiger partial charge in [0.25, 0.3) is 5.91 Å². The van der Waals surface area contributed by atoms with Crippen molar-refractivity contribution in [3.8, 4) is 0 Å². The van der Waals surface area contributed by atoms with Crippen molar-refractivity contribution in [1.29, 1.82) is 0 Å². The van der Waals surface area contributed by atoms with E-state index in [0.717, 1.165) is 5.69 Å². The van der Waals surface area contributed by atoms with Crippen LogP contribution in [0, 0.1) is 13.8 Å². The minimum Gasteiger partial charge on any atom is -0.455 e. The maximum atomic E-state index is 11.9. The molecule has 10 heteroatoms. The minimum atomic E-state index is -2.95. The van der Waals surface area contributed by atoms with Gasteiger partial charge < -0.3 is 10.1 Å². The standard InChI is InChI=1S/C14H21N3O5S2/c1-9-14(10(2)17(3)16-9)15-12(18)6-22-13(19)7-23-11-4-5-24(20,21)8-11/h11H,4-8H2,1-3H3,(H,15,18)/t11-/m0/s1. The van der Waals surface area contributed by atoms with E-state index in [2.05, 4.69) is 10.4 Å². The molecule has 0 spiro atoms. The molecule has 1 fully saturated rings. The third-order valence-corrected chi connectivity index (χ3v) is 7.02. The summed E-state index contributed by atoms with van der Waals surface area (Å²) >= 11 is 1.26. The summed E-state index contributed by atoms with van der Waals surface area (Å²) in [7, 11) is -1.18. The fraction of sp³-hybridized carbons (Fsp3) is 0.643. The Bertz CT molecular complexity index is 742. The maximum Gasteiger partial charge on any atom is 0.316 e. The second-order valence-electron chi connectivity index (χ2n) is 5.71. The average molecular weight is 375 g/mol. The van der Waals surface area contributed by atoms with Gasteiger partial charge in [0.2, 0.25) is 0 Å². The monoisotopic (exact) mass is 375 g/mol. The topological polar surface area (TPSA) is 107 Å². The highest BCUT2D eigenvalue weighted by Gasteiger charge is 2.28. The highest BCUT2D eigenvalue weighted by atomic mass is 32.2. The van der Waals surface area contributed by atoms with Gasteiger partial charge in [-0.05, 0) is 20.3 Å². The molecule has 1 atom stereocenters. The van der Waals surface area contributed by atoms with Gasteiger partial charge in [-0.3, -0.25) is 14.3 Å². The molecule has 1 aromatic rings. The largest absolute Gasteiger partial charge is 0.455 e. The molecule has 1 aromatic heterocycles. The second-order valence-corrected chi connectivity index (χ2v) is 9.23. The Balaban J connectivity index is 1.72. The lowest BCUT2D eigenvalue weighted by Crippen LogP contribution is -2.22. The van der Waals surface area contributed by atoms with Gasteiger partial charge in [0.15, 0.2) is 16.4 Å². The van der Waals surface area contributed by atoms with Gasteiger partial charge in [-0.2, -0.15) is 5.10 Å². The number of ether oxygens (including phenoxy) is 1. The van der Waals surface area contributed by atoms with Crippen molar-refractivity contribution in [2.45, 2.75) is 25.5 Å². The van der Waals surface area contributed by atoms with Crippen LogP contribution >= 0.6 is 11.8 Å². The van der Waals surface area contributed by atoms with E-state index in [1.807, 2.05) is 6.92 Å². The summed E-state index contributed by atoms with van der Waals surface area (Å²) in [5, 5.41) is 6.79. The number of carbonyl (C=O) groups excluding carboxylic acids is 2. The summed E-state index contributed by atoms with van der Waals surface area (Å²) in [6, 6.07) is 0. The van der Waals surface area contributed by atoms with Gasteiger partial charge in [0.1, 0.15) is 0 Å². The number of hydrogen-bond acceptors (Lipinski definition) is 7. The molecule has 8 nitrogen and oxygen atoms in total. The lowest BCUT2D eigenvalue weighted by molar-refractivity contribution is -0.144. The SMILES string of the molecule is Cc1nn(C)c(C)c1NC(=O)COC(=O)CS[C@H]1CCS(=O)(=O)C1. The Morgan fingerprint density at radius 2 is 2.12 bits per heavy atom. The van der Waals surface area contributed by atoms with Gasteiger partial charge >= 0.3 is 5.97 Å². The van der Waals surface area contributed by atoms with Crippen LogP contribution in [0.3, 0.4) is 0 Å². The highest BCUT2D eigenvalue weighted by molar-refractivity contribution is 8.02. The molecule has 0 unspecified atom stereocenters. The molecule has 1 N–H and O–H groups in total. The van der Waals surface area contributed by atoms with Crippen LogP contribution in [-0.4, -0.2) is 59.2 Å². The van der Waals surface area contributed by atoms with Crippen LogP contribution in [0.2, 0.25) is 0 Å². The number of thioether (sulfide) groups is 1. The molecule has 0 radical (unpaired) electrons. The Morgan fingerprint density at radius 3 is 2.67 bits per heavy atom.